The average molecular weight is 507 g/mol. The van der Waals surface area contributed by atoms with E-state index in [0.29, 0.717) is 11.4 Å². The Bertz CT molecular complexity index is 1140. The molecule has 33 heavy (non-hydrogen) atoms. The maximum atomic E-state index is 13.4. The van der Waals surface area contributed by atoms with E-state index in [1.807, 2.05) is 55.5 Å². The molecule has 168 valence electrons. The van der Waals surface area contributed by atoms with Crippen LogP contribution in [0, 0.1) is 0 Å². The molecule has 0 spiro atoms. The molecule has 0 radical (unpaired) electrons. The highest BCUT2D eigenvalue weighted by atomic mass is 79.9. The van der Waals surface area contributed by atoms with Crippen molar-refractivity contribution in [3.8, 4) is 5.75 Å². The van der Waals surface area contributed by atoms with Crippen molar-refractivity contribution >= 4 is 39.3 Å². The number of carbonyl (C=O) groups is 3. The molecule has 2 unspecified atom stereocenters. The van der Waals surface area contributed by atoms with Crippen molar-refractivity contribution in [2.75, 3.05) is 11.5 Å². The van der Waals surface area contributed by atoms with Crippen LogP contribution in [0.2, 0.25) is 0 Å². The number of hydrogen-bond acceptors (Lipinski definition) is 4. The molecule has 1 fully saturated rings. The first-order valence-corrected chi connectivity index (χ1v) is 11.4. The van der Waals surface area contributed by atoms with E-state index in [0.717, 1.165) is 14.9 Å². The van der Waals surface area contributed by atoms with Gasteiger partial charge in [-0.05, 0) is 48.9 Å². The number of halogens is 1. The Morgan fingerprint density at radius 3 is 2.24 bits per heavy atom. The summed E-state index contributed by atoms with van der Waals surface area (Å²) in [5, 5.41) is 0. The number of benzene rings is 3. The zero-order chi connectivity index (χ0) is 23.4. The van der Waals surface area contributed by atoms with Gasteiger partial charge in [0, 0.05) is 4.47 Å². The highest BCUT2D eigenvalue weighted by molar-refractivity contribution is 9.10. The molecule has 0 N–H and O–H groups in total. The van der Waals surface area contributed by atoms with Gasteiger partial charge in [-0.25, -0.2) is 4.90 Å². The van der Waals surface area contributed by atoms with E-state index in [4.69, 9.17) is 4.74 Å². The molecule has 7 heteroatoms. The number of nitrogens with zero attached hydrogens (tertiary/aromatic N) is 2. The normalized spacial score (nSPS) is 16.5. The molecule has 6 nitrogen and oxygen atoms in total. The Hall–Kier alpha value is -3.45. The van der Waals surface area contributed by atoms with E-state index >= 15 is 0 Å². The van der Waals surface area contributed by atoms with Crippen molar-refractivity contribution in [1.82, 2.24) is 4.90 Å². The summed E-state index contributed by atoms with van der Waals surface area (Å²) in [6.45, 7) is 1.62. The van der Waals surface area contributed by atoms with Crippen LogP contribution in [-0.2, 0) is 14.4 Å². The molecular weight excluding hydrogens is 484 g/mol. The number of carbonyl (C=O) groups excluding carboxylic acids is 3. The Balaban J connectivity index is 1.62. The van der Waals surface area contributed by atoms with Crippen molar-refractivity contribution in [2.24, 2.45) is 0 Å². The van der Waals surface area contributed by atoms with Gasteiger partial charge >= 0.3 is 0 Å². The Morgan fingerprint density at radius 1 is 1.00 bits per heavy atom. The van der Waals surface area contributed by atoms with Crippen LogP contribution in [0.4, 0.5) is 5.69 Å². The standard InChI is InChI=1S/C26H23BrN2O4/c1-18(19-8-4-2-5-9-19)28(25(31)17-33-22-10-6-3-7-11-22)23-16-24(30)29(26(23)32)21-14-12-20(27)13-15-21/h2-15,18,23H,16-17H2,1H3. The van der Waals surface area contributed by atoms with E-state index in [2.05, 4.69) is 15.9 Å². The molecule has 1 saturated heterocycles. The first-order valence-electron chi connectivity index (χ1n) is 10.6. The fourth-order valence-corrected chi connectivity index (χ4v) is 4.25. The molecule has 0 saturated carbocycles. The average Bonchev–Trinajstić information content (AvgIpc) is 3.13. The van der Waals surface area contributed by atoms with Crippen LogP contribution >= 0.6 is 15.9 Å². The quantitative estimate of drug-likeness (QED) is 0.433. The lowest BCUT2D eigenvalue weighted by Crippen LogP contribution is -2.48. The van der Waals surface area contributed by atoms with Crippen molar-refractivity contribution in [3.63, 3.8) is 0 Å². The highest BCUT2D eigenvalue weighted by Gasteiger charge is 2.46. The molecule has 3 amide bonds. The van der Waals surface area contributed by atoms with Gasteiger partial charge in [0.15, 0.2) is 6.61 Å². The minimum atomic E-state index is -0.914. The Morgan fingerprint density at radius 2 is 1.61 bits per heavy atom. The van der Waals surface area contributed by atoms with Gasteiger partial charge < -0.3 is 9.64 Å². The van der Waals surface area contributed by atoms with Gasteiger partial charge in [0.1, 0.15) is 11.8 Å². The van der Waals surface area contributed by atoms with Crippen LogP contribution in [-0.4, -0.2) is 35.3 Å². The molecule has 1 heterocycles. The summed E-state index contributed by atoms with van der Waals surface area (Å²) in [5.74, 6) is -0.560. The van der Waals surface area contributed by atoms with Gasteiger partial charge in [0.2, 0.25) is 5.91 Å². The summed E-state index contributed by atoms with van der Waals surface area (Å²) in [6.07, 6.45) is -0.0802. The third-order valence-corrected chi connectivity index (χ3v) is 6.16. The molecular formula is C26H23BrN2O4. The number of amides is 3. The van der Waals surface area contributed by atoms with Crippen LogP contribution in [0.15, 0.2) is 89.4 Å². The van der Waals surface area contributed by atoms with Gasteiger partial charge in [-0.2, -0.15) is 0 Å². The van der Waals surface area contributed by atoms with Crippen molar-refractivity contribution in [3.05, 3.63) is 95.0 Å². The minimum absolute atomic E-state index is 0.0802. The highest BCUT2D eigenvalue weighted by Crippen LogP contribution is 2.32. The Labute approximate surface area is 200 Å². The fraction of sp³-hybridized carbons (Fsp3) is 0.192. The molecule has 4 rings (SSSR count). The molecule has 3 aromatic carbocycles. The SMILES string of the molecule is CC(c1ccccc1)N(C(=O)COc1ccccc1)C1CC(=O)N(c2ccc(Br)cc2)C1=O. The minimum Gasteiger partial charge on any atom is -0.484 e. The lowest BCUT2D eigenvalue weighted by molar-refractivity contribution is -0.142. The lowest BCUT2D eigenvalue weighted by atomic mass is 10.0. The van der Waals surface area contributed by atoms with Gasteiger partial charge in [0.25, 0.3) is 11.8 Å². The topological polar surface area (TPSA) is 66.9 Å². The van der Waals surface area contributed by atoms with E-state index in [1.165, 1.54) is 4.90 Å². The molecule has 1 aliphatic heterocycles. The number of ether oxygens (including phenoxy) is 1. The molecule has 1 aliphatic rings. The molecule has 3 aromatic rings. The number of imide groups is 1. The monoisotopic (exact) mass is 506 g/mol. The van der Waals surface area contributed by atoms with Gasteiger partial charge in [0.05, 0.1) is 18.2 Å². The van der Waals surface area contributed by atoms with Crippen molar-refractivity contribution in [2.45, 2.75) is 25.4 Å². The second kappa shape index (κ2) is 10.0. The fourth-order valence-electron chi connectivity index (χ4n) is 3.98. The summed E-state index contributed by atoms with van der Waals surface area (Å²) in [6, 6.07) is 24.1. The maximum Gasteiger partial charge on any atom is 0.261 e. The smallest absolute Gasteiger partial charge is 0.261 e. The third kappa shape index (κ3) is 4.98. The number of rotatable bonds is 7. The van der Waals surface area contributed by atoms with Crippen LogP contribution < -0.4 is 9.64 Å². The third-order valence-electron chi connectivity index (χ3n) is 5.64. The van der Waals surface area contributed by atoms with Crippen LogP contribution in [0.3, 0.4) is 0 Å². The van der Waals surface area contributed by atoms with Crippen LogP contribution in [0.5, 0.6) is 5.75 Å². The van der Waals surface area contributed by atoms with Gasteiger partial charge in [-0.1, -0.05) is 64.5 Å². The van der Waals surface area contributed by atoms with E-state index < -0.39 is 18.0 Å². The molecule has 0 aliphatic carbocycles. The van der Waals surface area contributed by atoms with Gasteiger partial charge in [-0.15, -0.1) is 0 Å². The Kier molecular flexibility index (Phi) is 6.89. The second-order valence-corrected chi connectivity index (χ2v) is 8.67. The zero-order valence-electron chi connectivity index (χ0n) is 18.1. The lowest BCUT2D eigenvalue weighted by Gasteiger charge is -2.33. The molecule has 0 aromatic heterocycles. The maximum absolute atomic E-state index is 13.4. The van der Waals surface area contributed by atoms with E-state index in [-0.39, 0.29) is 24.8 Å². The number of anilines is 1. The summed E-state index contributed by atoms with van der Waals surface area (Å²) >= 11 is 3.36. The number of hydrogen-bond donors (Lipinski definition) is 0. The first kappa shape index (κ1) is 22.7. The number of para-hydroxylation sites is 1. The second-order valence-electron chi connectivity index (χ2n) is 7.75. The molecule has 0 bridgehead atoms. The first-order chi connectivity index (χ1) is 16.0. The summed E-state index contributed by atoms with van der Waals surface area (Å²) < 4.78 is 6.52. The molecule has 2 atom stereocenters. The summed E-state index contributed by atoms with van der Waals surface area (Å²) in [4.78, 5) is 42.3. The predicted molar refractivity (Wildman–Crippen MR) is 129 cm³/mol. The summed E-state index contributed by atoms with van der Waals surface area (Å²) in [5.41, 5.74) is 1.35. The van der Waals surface area contributed by atoms with Crippen LogP contribution in [0.1, 0.15) is 24.9 Å². The predicted octanol–water partition coefficient (Wildman–Crippen LogP) is 4.75. The zero-order valence-corrected chi connectivity index (χ0v) is 19.6. The largest absolute Gasteiger partial charge is 0.484 e. The van der Waals surface area contributed by atoms with Crippen molar-refractivity contribution < 1.29 is 19.1 Å². The van der Waals surface area contributed by atoms with Gasteiger partial charge in [-0.3, -0.25) is 14.4 Å². The summed E-state index contributed by atoms with van der Waals surface area (Å²) in [7, 11) is 0. The van der Waals surface area contributed by atoms with E-state index in [9.17, 15) is 14.4 Å². The van der Waals surface area contributed by atoms with Crippen molar-refractivity contribution in [1.29, 1.82) is 0 Å². The van der Waals surface area contributed by atoms with E-state index in [1.54, 1.807) is 36.4 Å². The van der Waals surface area contributed by atoms with Crippen LogP contribution in [0.25, 0.3) is 0 Å².